The van der Waals surface area contributed by atoms with Crippen LogP contribution in [0.25, 0.3) is 0 Å². The maximum absolute atomic E-state index is 12.7. The highest BCUT2D eigenvalue weighted by molar-refractivity contribution is 6.32. The molecule has 1 fully saturated rings. The molecule has 1 saturated carbocycles. The van der Waals surface area contributed by atoms with Crippen molar-refractivity contribution in [2.75, 3.05) is 19.0 Å². The summed E-state index contributed by atoms with van der Waals surface area (Å²) in [5.41, 5.74) is -0.0731. The minimum Gasteiger partial charge on any atom is -0.492 e. The summed E-state index contributed by atoms with van der Waals surface area (Å²) >= 11 is 6.16. The van der Waals surface area contributed by atoms with Crippen LogP contribution >= 0.6 is 11.6 Å². The van der Waals surface area contributed by atoms with Crippen molar-refractivity contribution in [2.45, 2.75) is 45.1 Å². The Bertz CT molecular complexity index is 535. The van der Waals surface area contributed by atoms with Crippen LogP contribution < -0.4 is 10.1 Å². The van der Waals surface area contributed by atoms with Crippen molar-refractivity contribution >= 4 is 23.2 Å². The summed E-state index contributed by atoms with van der Waals surface area (Å²) in [6.07, 6.45) is 3.66. The Kier molecular flexibility index (Phi) is 5.70. The van der Waals surface area contributed by atoms with E-state index < -0.39 is 5.60 Å². The van der Waals surface area contributed by atoms with E-state index in [1.165, 1.54) is 0 Å². The quantitative estimate of drug-likeness (QED) is 0.879. The van der Waals surface area contributed by atoms with E-state index in [1.807, 2.05) is 6.92 Å². The van der Waals surface area contributed by atoms with Gasteiger partial charge >= 0.3 is 0 Å². The van der Waals surface area contributed by atoms with Crippen LogP contribution in [0.5, 0.6) is 5.75 Å². The van der Waals surface area contributed by atoms with Crippen molar-refractivity contribution in [1.82, 2.24) is 0 Å². The van der Waals surface area contributed by atoms with Gasteiger partial charge in [0.05, 0.1) is 11.6 Å². The van der Waals surface area contributed by atoms with Gasteiger partial charge in [0.1, 0.15) is 11.4 Å². The molecule has 1 aliphatic rings. The van der Waals surface area contributed by atoms with Gasteiger partial charge < -0.3 is 14.8 Å². The van der Waals surface area contributed by atoms with Gasteiger partial charge in [0.2, 0.25) is 0 Å². The van der Waals surface area contributed by atoms with E-state index in [9.17, 15) is 4.79 Å². The van der Waals surface area contributed by atoms with E-state index in [0.717, 1.165) is 25.7 Å². The van der Waals surface area contributed by atoms with E-state index in [2.05, 4.69) is 12.2 Å². The van der Waals surface area contributed by atoms with E-state index in [1.54, 1.807) is 25.3 Å². The number of nitrogens with one attached hydrogen (secondary N) is 1. The van der Waals surface area contributed by atoms with Gasteiger partial charge in [0, 0.05) is 12.8 Å². The number of carbonyl (C=O) groups excluding carboxylic acids is 1. The highest BCUT2D eigenvalue weighted by atomic mass is 35.5. The molecule has 0 saturated heterocycles. The molecule has 22 heavy (non-hydrogen) atoms. The number of hydrogen-bond donors (Lipinski definition) is 1. The number of hydrogen-bond acceptors (Lipinski definition) is 3. The summed E-state index contributed by atoms with van der Waals surface area (Å²) in [5.74, 6) is 1.01. The zero-order chi connectivity index (χ0) is 16.2. The topological polar surface area (TPSA) is 47.6 Å². The lowest BCUT2D eigenvalue weighted by Crippen LogP contribution is -2.47. The second-order valence-electron chi connectivity index (χ2n) is 5.93. The third kappa shape index (κ3) is 3.73. The van der Waals surface area contributed by atoms with Crippen LogP contribution in [-0.4, -0.2) is 25.2 Å². The van der Waals surface area contributed by atoms with Crippen molar-refractivity contribution in [1.29, 1.82) is 0 Å². The summed E-state index contributed by atoms with van der Waals surface area (Å²) in [6, 6.07) is 5.27. The van der Waals surface area contributed by atoms with Crippen LogP contribution in [0.4, 0.5) is 5.69 Å². The lowest BCUT2D eigenvalue weighted by Gasteiger charge is -2.37. The molecule has 2 atom stereocenters. The van der Waals surface area contributed by atoms with E-state index >= 15 is 0 Å². The maximum atomic E-state index is 12.7. The molecule has 0 spiro atoms. The number of rotatable bonds is 5. The molecule has 1 aromatic rings. The average Bonchev–Trinajstić information content (AvgIpc) is 2.50. The van der Waals surface area contributed by atoms with Crippen molar-refractivity contribution in [3.63, 3.8) is 0 Å². The fraction of sp³-hybridized carbons (Fsp3) is 0.588. The molecule has 4 nitrogen and oxygen atoms in total. The predicted octanol–water partition coefficient (Wildman–Crippen LogP) is 4.27. The molecule has 0 heterocycles. The lowest BCUT2D eigenvalue weighted by atomic mass is 9.78. The minimum atomic E-state index is -0.733. The smallest absolute Gasteiger partial charge is 0.256 e. The largest absolute Gasteiger partial charge is 0.492 e. The Morgan fingerprint density at radius 2 is 2.27 bits per heavy atom. The molecular formula is C17H24ClNO3. The van der Waals surface area contributed by atoms with Crippen molar-refractivity contribution in [2.24, 2.45) is 5.92 Å². The fourth-order valence-corrected chi connectivity index (χ4v) is 3.32. The van der Waals surface area contributed by atoms with Gasteiger partial charge in [-0.25, -0.2) is 0 Å². The predicted molar refractivity (Wildman–Crippen MR) is 88.6 cm³/mol. The van der Waals surface area contributed by atoms with Gasteiger partial charge in [-0.2, -0.15) is 0 Å². The number of halogens is 1. The van der Waals surface area contributed by atoms with E-state index in [4.69, 9.17) is 21.1 Å². The fourth-order valence-electron chi connectivity index (χ4n) is 3.08. The molecule has 0 bridgehead atoms. The first-order valence-electron chi connectivity index (χ1n) is 7.79. The van der Waals surface area contributed by atoms with Crippen molar-refractivity contribution in [3.8, 4) is 5.75 Å². The van der Waals surface area contributed by atoms with Crippen molar-refractivity contribution < 1.29 is 14.3 Å². The van der Waals surface area contributed by atoms with Crippen LogP contribution in [0.15, 0.2) is 18.2 Å². The van der Waals surface area contributed by atoms with Gasteiger partial charge in [-0.05, 0) is 50.3 Å². The van der Waals surface area contributed by atoms with Crippen LogP contribution in [0.2, 0.25) is 5.02 Å². The zero-order valence-electron chi connectivity index (χ0n) is 13.4. The number of ether oxygens (including phenoxy) is 2. The zero-order valence-corrected chi connectivity index (χ0v) is 14.2. The summed E-state index contributed by atoms with van der Waals surface area (Å²) < 4.78 is 11.0. The Morgan fingerprint density at radius 3 is 2.86 bits per heavy atom. The number of anilines is 1. The van der Waals surface area contributed by atoms with Gasteiger partial charge in [0.15, 0.2) is 0 Å². The number of carbonyl (C=O) groups is 1. The van der Waals surface area contributed by atoms with Gasteiger partial charge in [0.25, 0.3) is 5.91 Å². The van der Waals surface area contributed by atoms with E-state index in [0.29, 0.717) is 29.0 Å². The summed E-state index contributed by atoms with van der Waals surface area (Å²) in [6.45, 7) is 4.61. The van der Waals surface area contributed by atoms with Gasteiger partial charge in [-0.1, -0.05) is 24.9 Å². The van der Waals surface area contributed by atoms with Crippen LogP contribution in [-0.2, 0) is 9.53 Å². The van der Waals surface area contributed by atoms with Gasteiger partial charge in [-0.15, -0.1) is 0 Å². The first kappa shape index (κ1) is 17.1. The molecule has 1 aromatic carbocycles. The van der Waals surface area contributed by atoms with Crippen LogP contribution in [0.1, 0.15) is 39.5 Å². The Hall–Kier alpha value is -1.26. The van der Waals surface area contributed by atoms with Crippen LogP contribution in [0, 0.1) is 5.92 Å². The SMILES string of the molecule is CCOc1ccc(NC(=O)[C@]2(OC)CCC[C@H](C)C2)cc1Cl. The summed E-state index contributed by atoms with van der Waals surface area (Å²) in [4.78, 5) is 12.7. The number of amides is 1. The Balaban J connectivity index is 2.12. The van der Waals surface area contributed by atoms with Crippen molar-refractivity contribution in [3.05, 3.63) is 23.2 Å². The van der Waals surface area contributed by atoms with Gasteiger partial charge in [-0.3, -0.25) is 4.79 Å². The van der Waals surface area contributed by atoms with E-state index in [-0.39, 0.29) is 5.91 Å². The summed E-state index contributed by atoms with van der Waals surface area (Å²) in [5, 5.41) is 3.42. The monoisotopic (exact) mass is 325 g/mol. The minimum absolute atomic E-state index is 0.0956. The first-order valence-corrected chi connectivity index (χ1v) is 8.17. The molecule has 0 aromatic heterocycles. The molecule has 0 radical (unpaired) electrons. The van der Waals surface area contributed by atoms with Crippen LogP contribution in [0.3, 0.4) is 0 Å². The highest BCUT2D eigenvalue weighted by Crippen LogP contribution is 2.36. The first-order chi connectivity index (χ1) is 10.5. The second-order valence-corrected chi connectivity index (χ2v) is 6.34. The third-order valence-electron chi connectivity index (χ3n) is 4.25. The molecule has 2 rings (SSSR count). The maximum Gasteiger partial charge on any atom is 0.256 e. The third-order valence-corrected chi connectivity index (χ3v) is 4.55. The molecule has 1 N–H and O–H groups in total. The second kappa shape index (κ2) is 7.34. The molecule has 1 aliphatic carbocycles. The standard InChI is InChI=1S/C17H24ClNO3/c1-4-22-15-8-7-13(10-14(15)18)19-16(20)17(21-3)9-5-6-12(2)11-17/h7-8,10,12H,4-6,9,11H2,1-3H3,(H,19,20)/t12-,17-/m0/s1. The summed E-state index contributed by atoms with van der Waals surface area (Å²) in [7, 11) is 1.61. The normalized spacial score (nSPS) is 24.8. The molecule has 122 valence electrons. The average molecular weight is 326 g/mol. The molecule has 0 aliphatic heterocycles. The lowest BCUT2D eigenvalue weighted by molar-refractivity contribution is -0.143. The number of benzene rings is 1. The number of methoxy groups -OCH3 is 1. The Labute approximate surface area is 137 Å². The molecule has 0 unspecified atom stereocenters. The molecule has 5 heteroatoms. The highest BCUT2D eigenvalue weighted by Gasteiger charge is 2.42. The molecule has 1 amide bonds. The Morgan fingerprint density at radius 1 is 1.50 bits per heavy atom. The molecular weight excluding hydrogens is 302 g/mol.